The van der Waals surface area contributed by atoms with E-state index in [1.165, 1.54) is 19.3 Å². The predicted molar refractivity (Wildman–Crippen MR) is 42.2 cm³/mol. The molecule has 3 nitrogen and oxygen atoms in total. The third-order valence-electron chi connectivity index (χ3n) is 1.47. The Labute approximate surface area is 62.8 Å². The SMILES string of the molecule is CNCCCCCCNO. The van der Waals surface area contributed by atoms with Crippen LogP contribution >= 0.6 is 0 Å². The van der Waals surface area contributed by atoms with Gasteiger partial charge in [-0.2, -0.15) is 0 Å². The Balaban J connectivity index is 2.65. The van der Waals surface area contributed by atoms with Crippen molar-refractivity contribution >= 4 is 0 Å². The van der Waals surface area contributed by atoms with Gasteiger partial charge in [-0.25, -0.2) is 5.48 Å². The largest absolute Gasteiger partial charge is 0.320 e. The van der Waals surface area contributed by atoms with Crippen LogP contribution in [0.15, 0.2) is 0 Å². The Hall–Kier alpha value is -0.120. The lowest BCUT2D eigenvalue weighted by molar-refractivity contribution is 0.164. The smallest absolute Gasteiger partial charge is 0.0207 e. The molecule has 3 N–H and O–H groups in total. The fourth-order valence-electron chi connectivity index (χ4n) is 0.859. The number of unbranched alkanes of at least 4 members (excludes halogenated alkanes) is 3. The third-order valence-corrected chi connectivity index (χ3v) is 1.47. The van der Waals surface area contributed by atoms with E-state index >= 15 is 0 Å². The van der Waals surface area contributed by atoms with Crippen molar-refractivity contribution in [3.63, 3.8) is 0 Å². The highest BCUT2D eigenvalue weighted by Crippen LogP contribution is 1.96. The topological polar surface area (TPSA) is 44.3 Å². The molecule has 0 atom stereocenters. The second kappa shape index (κ2) is 8.88. The monoisotopic (exact) mass is 146 g/mol. The molecule has 0 aromatic rings. The summed E-state index contributed by atoms with van der Waals surface area (Å²) in [6.07, 6.45) is 4.76. The summed E-state index contributed by atoms with van der Waals surface area (Å²) in [5.41, 5.74) is 2.14. The van der Waals surface area contributed by atoms with Crippen molar-refractivity contribution < 1.29 is 5.21 Å². The Kier molecular flexibility index (Phi) is 8.77. The second-order valence-electron chi connectivity index (χ2n) is 2.43. The van der Waals surface area contributed by atoms with E-state index in [1.54, 1.807) is 0 Å². The second-order valence-corrected chi connectivity index (χ2v) is 2.43. The number of hydroxylamine groups is 1. The summed E-state index contributed by atoms with van der Waals surface area (Å²) >= 11 is 0. The van der Waals surface area contributed by atoms with Crippen LogP contribution in [0.5, 0.6) is 0 Å². The summed E-state index contributed by atoms with van der Waals surface area (Å²) in [4.78, 5) is 0. The molecule has 0 fully saturated rings. The molecule has 0 heterocycles. The van der Waals surface area contributed by atoms with E-state index in [0.29, 0.717) is 0 Å². The highest BCUT2D eigenvalue weighted by Gasteiger charge is 1.87. The van der Waals surface area contributed by atoms with Gasteiger partial charge in [0, 0.05) is 6.54 Å². The molecule has 0 saturated carbocycles. The molecule has 0 aliphatic heterocycles. The quantitative estimate of drug-likeness (QED) is 0.367. The van der Waals surface area contributed by atoms with Gasteiger partial charge >= 0.3 is 0 Å². The molecule has 0 aliphatic carbocycles. The fourth-order valence-corrected chi connectivity index (χ4v) is 0.859. The van der Waals surface area contributed by atoms with Gasteiger partial charge < -0.3 is 10.5 Å². The van der Waals surface area contributed by atoms with Gasteiger partial charge in [-0.3, -0.25) is 0 Å². The molecular formula is C7H18N2O. The summed E-state index contributed by atoms with van der Waals surface area (Å²) in [5, 5.41) is 11.3. The molecule has 0 aromatic carbocycles. The predicted octanol–water partition coefficient (Wildman–Crippen LogP) is 0.745. The van der Waals surface area contributed by atoms with E-state index in [-0.39, 0.29) is 0 Å². The minimum Gasteiger partial charge on any atom is -0.320 e. The van der Waals surface area contributed by atoms with E-state index in [4.69, 9.17) is 5.21 Å². The highest BCUT2D eigenvalue weighted by atomic mass is 16.5. The van der Waals surface area contributed by atoms with Gasteiger partial charge in [0.2, 0.25) is 0 Å². The van der Waals surface area contributed by atoms with Crippen molar-refractivity contribution in [2.45, 2.75) is 25.7 Å². The maximum atomic E-state index is 8.21. The molecule has 62 valence electrons. The van der Waals surface area contributed by atoms with E-state index in [9.17, 15) is 0 Å². The zero-order chi connectivity index (χ0) is 7.66. The van der Waals surface area contributed by atoms with Gasteiger partial charge in [-0.15, -0.1) is 0 Å². The molecule has 0 radical (unpaired) electrons. The first-order valence-electron chi connectivity index (χ1n) is 3.93. The highest BCUT2D eigenvalue weighted by molar-refractivity contribution is 4.45. The minimum absolute atomic E-state index is 0.722. The average molecular weight is 146 g/mol. The van der Waals surface area contributed by atoms with Crippen LogP contribution in [-0.2, 0) is 0 Å². The molecule has 0 amide bonds. The summed E-state index contributed by atoms with van der Waals surface area (Å²) in [7, 11) is 1.97. The summed E-state index contributed by atoms with van der Waals surface area (Å²) < 4.78 is 0. The van der Waals surface area contributed by atoms with Gasteiger partial charge in [-0.1, -0.05) is 12.8 Å². The van der Waals surface area contributed by atoms with Crippen molar-refractivity contribution in [2.75, 3.05) is 20.1 Å². The Morgan fingerprint density at radius 1 is 1.00 bits per heavy atom. The minimum atomic E-state index is 0.722. The Morgan fingerprint density at radius 2 is 1.60 bits per heavy atom. The van der Waals surface area contributed by atoms with Crippen molar-refractivity contribution in [3.05, 3.63) is 0 Å². The van der Waals surface area contributed by atoms with Gasteiger partial charge in [-0.05, 0) is 26.4 Å². The fraction of sp³-hybridized carbons (Fsp3) is 1.00. The molecule has 0 bridgehead atoms. The first-order valence-corrected chi connectivity index (χ1v) is 3.93. The standard InChI is InChI=1S/C7H18N2O/c1-8-6-4-2-3-5-7-9-10/h8-10H,2-7H2,1H3. The van der Waals surface area contributed by atoms with Gasteiger partial charge in [0.15, 0.2) is 0 Å². The zero-order valence-corrected chi connectivity index (χ0v) is 6.69. The Morgan fingerprint density at radius 3 is 2.10 bits per heavy atom. The molecule has 0 unspecified atom stereocenters. The lowest BCUT2D eigenvalue weighted by Crippen LogP contribution is -2.09. The molecule has 0 rings (SSSR count). The van der Waals surface area contributed by atoms with E-state index in [0.717, 1.165) is 19.5 Å². The first-order chi connectivity index (χ1) is 4.91. The summed E-state index contributed by atoms with van der Waals surface area (Å²) in [6.45, 7) is 1.83. The Bertz CT molecular complexity index is 51.6. The number of hydrogen-bond donors (Lipinski definition) is 3. The summed E-state index contributed by atoms with van der Waals surface area (Å²) in [6, 6.07) is 0. The van der Waals surface area contributed by atoms with Crippen LogP contribution in [0, 0.1) is 0 Å². The van der Waals surface area contributed by atoms with Crippen LogP contribution in [0.25, 0.3) is 0 Å². The first kappa shape index (κ1) is 9.88. The van der Waals surface area contributed by atoms with Gasteiger partial charge in [0.05, 0.1) is 0 Å². The van der Waals surface area contributed by atoms with Crippen molar-refractivity contribution in [2.24, 2.45) is 0 Å². The van der Waals surface area contributed by atoms with E-state index < -0.39 is 0 Å². The van der Waals surface area contributed by atoms with Crippen LogP contribution in [0.1, 0.15) is 25.7 Å². The number of hydrogen-bond acceptors (Lipinski definition) is 3. The molecule has 3 heteroatoms. The zero-order valence-electron chi connectivity index (χ0n) is 6.69. The lowest BCUT2D eigenvalue weighted by atomic mass is 10.2. The maximum absolute atomic E-state index is 8.21. The van der Waals surface area contributed by atoms with Crippen LogP contribution in [0.2, 0.25) is 0 Å². The molecule has 0 saturated heterocycles. The van der Waals surface area contributed by atoms with Crippen molar-refractivity contribution in [1.29, 1.82) is 0 Å². The maximum Gasteiger partial charge on any atom is 0.0207 e. The van der Waals surface area contributed by atoms with Crippen LogP contribution in [0.3, 0.4) is 0 Å². The van der Waals surface area contributed by atoms with E-state index in [1.807, 2.05) is 7.05 Å². The van der Waals surface area contributed by atoms with E-state index in [2.05, 4.69) is 10.8 Å². The van der Waals surface area contributed by atoms with Gasteiger partial charge in [0.25, 0.3) is 0 Å². The lowest BCUT2D eigenvalue weighted by Gasteiger charge is -1.99. The normalized spacial score (nSPS) is 10.2. The van der Waals surface area contributed by atoms with Crippen LogP contribution in [-0.4, -0.2) is 25.3 Å². The molecule has 10 heavy (non-hydrogen) atoms. The van der Waals surface area contributed by atoms with Crippen LogP contribution in [0.4, 0.5) is 0 Å². The molecule has 0 aromatic heterocycles. The number of rotatable bonds is 7. The van der Waals surface area contributed by atoms with Crippen LogP contribution < -0.4 is 10.8 Å². The third kappa shape index (κ3) is 7.88. The van der Waals surface area contributed by atoms with Crippen molar-refractivity contribution in [3.8, 4) is 0 Å². The number of nitrogens with one attached hydrogen (secondary N) is 2. The van der Waals surface area contributed by atoms with Gasteiger partial charge in [0.1, 0.15) is 0 Å². The molecule has 0 aliphatic rings. The van der Waals surface area contributed by atoms with Crippen molar-refractivity contribution in [1.82, 2.24) is 10.8 Å². The average Bonchev–Trinajstić information content (AvgIpc) is 1.97. The molecular weight excluding hydrogens is 128 g/mol. The summed E-state index contributed by atoms with van der Waals surface area (Å²) in [5.74, 6) is 0. The molecule has 0 spiro atoms.